The smallest absolute Gasteiger partial charge is 0.291 e. The number of aryl methyl sites for hydroxylation is 1. The highest BCUT2D eigenvalue weighted by molar-refractivity contribution is 7.68. The molecule has 0 saturated heterocycles. The monoisotopic (exact) mass is 332 g/mol. The average Bonchev–Trinajstić information content (AvgIpc) is 2.97. The summed E-state index contributed by atoms with van der Waals surface area (Å²) in [6, 6.07) is 28.7. The minimum absolute atomic E-state index is 0.606. The van der Waals surface area contributed by atoms with E-state index in [-0.39, 0.29) is 0 Å². The maximum Gasteiger partial charge on any atom is 0.291 e. The van der Waals surface area contributed by atoms with Crippen LogP contribution >= 0.6 is 8.15 Å². The van der Waals surface area contributed by atoms with Gasteiger partial charge in [-0.2, -0.15) is 0 Å². The van der Waals surface area contributed by atoms with E-state index < -0.39 is 8.15 Å². The molecule has 4 rings (SSSR count). The molecule has 118 valence electrons. The van der Waals surface area contributed by atoms with E-state index in [0.29, 0.717) is 5.95 Å². The Morgan fingerprint density at radius 2 is 1.25 bits per heavy atom. The standard InChI is InChI=1S/C21H17O2P/c1-16-19-14-8-9-15-20(19)22-21(16)23-24(17-10-4-2-5-11-17)18-12-6-3-7-13-18/h2-15H,1H3. The fraction of sp³-hybridized carbons (Fsp3) is 0.0476. The van der Waals surface area contributed by atoms with Crippen LogP contribution in [-0.4, -0.2) is 0 Å². The van der Waals surface area contributed by atoms with E-state index in [1.165, 1.54) is 10.6 Å². The molecule has 4 aromatic rings. The Morgan fingerprint density at radius 1 is 0.708 bits per heavy atom. The molecule has 0 saturated carbocycles. The largest absolute Gasteiger partial charge is 0.434 e. The molecule has 0 fully saturated rings. The van der Waals surface area contributed by atoms with Crippen LogP contribution in [0.1, 0.15) is 5.56 Å². The molecule has 2 nitrogen and oxygen atoms in total. The normalized spacial score (nSPS) is 11.1. The Morgan fingerprint density at radius 3 is 1.83 bits per heavy atom. The third-order valence-corrected chi connectivity index (χ3v) is 5.84. The quantitative estimate of drug-likeness (QED) is 0.481. The van der Waals surface area contributed by atoms with Gasteiger partial charge < -0.3 is 8.94 Å². The Balaban J connectivity index is 1.78. The molecule has 0 spiro atoms. The highest BCUT2D eigenvalue weighted by Gasteiger charge is 2.21. The lowest BCUT2D eigenvalue weighted by molar-refractivity contribution is 0.434. The predicted octanol–water partition coefficient (Wildman–Crippen LogP) is 5.17. The van der Waals surface area contributed by atoms with Crippen LogP contribution in [0, 0.1) is 6.92 Å². The summed E-state index contributed by atoms with van der Waals surface area (Å²) in [7, 11) is -0.974. The number of para-hydroxylation sites is 1. The van der Waals surface area contributed by atoms with Crippen LogP contribution in [0.4, 0.5) is 0 Å². The third-order valence-electron chi connectivity index (χ3n) is 3.96. The first-order chi connectivity index (χ1) is 11.8. The van der Waals surface area contributed by atoms with E-state index in [2.05, 4.69) is 30.3 Å². The summed E-state index contributed by atoms with van der Waals surface area (Å²) in [5.74, 6) is 0.606. The van der Waals surface area contributed by atoms with Crippen molar-refractivity contribution in [1.82, 2.24) is 0 Å². The molecule has 1 heterocycles. The number of fused-ring (bicyclic) bond motifs is 1. The molecule has 0 aliphatic rings. The summed E-state index contributed by atoms with van der Waals surface area (Å²) in [6.45, 7) is 2.05. The Bertz CT molecular complexity index is 906. The Kier molecular flexibility index (Phi) is 4.06. The van der Waals surface area contributed by atoms with Gasteiger partial charge in [0.2, 0.25) is 0 Å². The Labute approximate surface area is 142 Å². The van der Waals surface area contributed by atoms with Gasteiger partial charge in [-0.05, 0) is 13.0 Å². The van der Waals surface area contributed by atoms with Crippen molar-refractivity contribution in [3.05, 3.63) is 90.5 Å². The maximum absolute atomic E-state index is 6.40. The lowest BCUT2D eigenvalue weighted by Gasteiger charge is -2.17. The lowest BCUT2D eigenvalue weighted by Crippen LogP contribution is -2.15. The van der Waals surface area contributed by atoms with Crippen molar-refractivity contribution in [2.24, 2.45) is 0 Å². The summed E-state index contributed by atoms with van der Waals surface area (Å²) in [5, 5.41) is 3.43. The van der Waals surface area contributed by atoms with E-state index in [0.717, 1.165) is 16.5 Å². The molecule has 1 aromatic heterocycles. The Hall–Kier alpha value is -2.57. The number of rotatable bonds is 4. The van der Waals surface area contributed by atoms with Crippen molar-refractivity contribution in [2.75, 3.05) is 0 Å². The van der Waals surface area contributed by atoms with Gasteiger partial charge in [0.1, 0.15) is 5.58 Å². The second-order valence-electron chi connectivity index (χ2n) is 5.57. The summed E-state index contributed by atoms with van der Waals surface area (Å²) in [5.41, 5.74) is 1.91. The molecule has 0 amide bonds. The molecule has 0 aliphatic carbocycles. The second kappa shape index (κ2) is 6.51. The first-order valence-electron chi connectivity index (χ1n) is 7.89. The van der Waals surface area contributed by atoms with Crippen molar-refractivity contribution in [2.45, 2.75) is 6.92 Å². The van der Waals surface area contributed by atoms with E-state index >= 15 is 0 Å². The van der Waals surface area contributed by atoms with Crippen LogP contribution in [0.5, 0.6) is 5.95 Å². The van der Waals surface area contributed by atoms with Crippen molar-refractivity contribution >= 4 is 29.7 Å². The molecule has 0 N–H and O–H groups in total. The van der Waals surface area contributed by atoms with Gasteiger partial charge >= 0.3 is 0 Å². The van der Waals surface area contributed by atoms with Crippen LogP contribution < -0.4 is 15.1 Å². The SMILES string of the molecule is Cc1c(OP(c2ccccc2)c2ccccc2)oc2ccccc12. The minimum atomic E-state index is -0.974. The second-order valence-corrected chi connectivity index (χ2v) is 7.37. The van der Waals surface area contributed by atoms with Crippen molar-refractivity contribution in [1.29, 1.82) is 0 Å². The van der Waals surface area contributed by atoms with Crippen LogP contribution in [0.25, 0.3) is 11.0 Å². The number of hydrogen-bond donors (Lipinski definition) is 0. The van der Waals surface area contributed by atoms with E-state index in [9.17, 15) is 0 Å². The molecule has 3 heteroatoms. The first-order valence-corrected chi connectivity index (χ1v) is 9.15. The zero-order valence-electron chi connectivity index (χ0n) is 13.3. The lowest BCUT2D eigenvalue weighted by atomic mass is 10.2. The number of furan rings is 1. The topological polar surface area (TPSA) is 22.4 Å². The molecule has 0 bridgehead atoms. The zero-order chi connectivity index (χ0) is 16.4. The highest BCUT2D eigenvalue weighted by atomic mass is 31.1. The predicted molar refractivity (Wildman–Crippen MR) is 101 cm³/mol. The maximum atomic E-state index is 6.40. The van der Waals surface area contributed by atoms with E-state index in [1.807, 2.05) is 61.5 Å². The molecular formula is C21H17O2P. The van der Waals surface area contributed by atoms with Crippen molar-refractivity contribution < 1.29 is 8.94 Å². The fourth-order valence-electron chi connectivity index (χ4n) is 2.70. The van der Waals surface area contributed by atoms with Gasteiger partial charge in [0.05, 0.1) is 0 Å². The van der Waals surface area contributed by atoms with Gasteiger partial charge in [-0.15, -0.1) is 0 Å². The van der Waals surface area contributed by atoms with Crippen LogP contribution in [0.2, 0.25) is 0 Å². The van der Waals surface area contributed by atoms with E-state index in [4.69, 9.17) is 8.94 Å². The fourth-order valence-corrected chi connectivity index (χ4v) is 4.44. The van der Waals surface area contributed by atoms with Gasteiger partial charge in [0.25, 0.3) is 5.95 Å². The molecule has 24 heavy (non-hydrogen) atoms. The van der Waals surface area contributed by atoms with Gasteiger partial charge in [-0.1, -0.05) is 78.9 Å². The van der Waals surface area contributed by atoms with Crippen LogP contribution in [-0.2, 0) is 0 Å². The van der Waals surface area contributed by atoms with Crippen LogP contribution in [0.15, 0.2) is 89.3 Å². The van der Waals surface area contributed by atoms with Gasteiger partial charge in [0.15, 0.2) is 8.15 Å². The summed E-state index contributed by atoms with van der Waals surface area (Å²) < 4.78 is 12.4. The summed E-state index contributed by atoms with van der Waals surface area (Å²) in [4.78, 5) is 0. The average molecular weight is 332 g/mol. The zero-order valence-corrected chi connectivity index (χ0v) is 14.2. The molecule has 3 aromatic carbocycles. The summed E-state index contributed by atoms with van der Waals surface area (Å²) >= 11 is 0. The van der Waals surface area contributed by atoms with Crippen molar-refractivity contribution in [3.63, 3.8) is 0 Å². The number of benzene rings is 3. The van der Waals surface area contributed by atoms with Crippen LogP contribution in [0.3, 0.4) is 0 Å². The molecule has 0 atom stereocenters. The molecular weight excluding hydrogens is 315 g/mol. The van der Waals surface area contributed by atoms with E-state index in [1.54, 1.807) is 0 Å². The van der Waals surface area contributed by atoms with Gasteiger partial charge in [0, 0.05) is 21.6 Å². The molecule has 0 aliphatic heterocycles. The first kappa shape index (κ1) is 15.0. The third kappa shape index (κ3) is 2.81. The van der Waals surface area contributed by atoms with Gasteiger partial charge in [-0.25, -0.2) is 0 Å². The summed E-state index contributed by atoms with van der Waals surface area (Å²) in [6.07, 6.45) is 0. The minimum Gasteiger partial charge on any atom is -0.434 e. The number of hydrogen-bond acceptors (Lipinski definition) is 2. The highest BCUT2D eigenvalue weighted by Crippen LogP contribution is 2.41. The van der Waals surface area contributed by atoms with Crippen molar-refractivity contribution in [3.8, 4) is 5.95 Å². The van der Waals surface area contributed by atoms with Gasteiger partial charge in [-0.3, -0.25) is 0 Å². The molecule has 0 unspecified atom stereocenters. The molecule has 0 radical (unpaired) electrons.